The van der Waals surface area contributed by atoms with Crippen LogP contribution in [0.1, 0.15) is 35.9 Å². The number of nitrogens with one attached hydrogen (secondary N) is 1. The summed E-state index contributed by atoms with van der Waals surface area (Å²) in [6.45, 7) is 8.48. The van der Waals surface area contributed by atoms with Crippen LogP contribution >= 0.6 is 11.6 Å². The highest BCUT2D eigenvalue weighted by Crippen LogP contribution is 2.23. The minimum Gasteiger partial charge on any atom is -0.385 e. The lowest BCUT2D eigenvalue weighted by atomic mass is 10.1. The molecule has 0 aliphatic heterocycles. The normalized spacial score (nSPS) is 12.2. The number of hydrogen-bond acceptors (Lipinski definition) is 3. The van der Waals surface area contributed by atoms with Crippen LogP contribution in [0.5, 0.6) is 0 Å². The van der Waals surface area contributed by atoms with Crippen molar-refractivity contribution in [3.63, 3.8) is 0 Å². The van der Waals surface area contributed by atoms with Gasteiger partial charge in [0.25, 0.3) is 0 Å². The van der Waals surface area contributed by atoms with Crippen LogP contribution in [-0.2, 0) is 16.0 Å². The highest BCUT2D eigenvalue weighted by atomic mass is 35.5. The van der Waals surface area contributed by atoms with Gasteiger partial charge < -0.3 is 10.1 Å². The van der Waals surface area contributed by atoms with Gasteiger partial charge in [0.1, 0.15) is 0 Å². The van der Waals surface area contributed by atoms with Crippen molar-refractivity contribution in [2.45, 2.75) is 46.6 Å². The minimum absolute atomic E-state index is 0.00343. The fraction of sp³-hybridized carbons (Fsp3) is 0.474. The fourth-order valence-corrected chi connectivity index (χ4v) is 2.92. The van der Waals surface area contributed by atoms with Crippen molar-refractivity contribution in [2.24, 2.45) is 0 Å². The molecule has 25 heavy (non-hydrogen) atoms. The van der Waals surface area contributed by atoms with Gasteiger partial charge in [-0.05, 0) is 51.8 Å². The topological polar surface area (TPSA) is 56.1 Å². The molecule has 0 saturated heterocycles. The quantitative estimate of drug-likeness (QED) is 0.818. The summed E-state index contributed by atoms with van der Waals surface area (Å²) in [4.78, 5) is 12.3. The predicted octanol–water partition coefficient (Wildman–Crippen LogP) is 3.53. The summed E-state index contributed by atoms with van der Waals surface area (Å²) in [5.74, 6) is -0.00343. The number of rotatable bonds is 7. The SMILES string of the molecule is COCCC(C)NC(=O)Cc1c(C)nn(-c2ccc(C)c(Cl)c2)c1C. The van der Waals surface area contributed by atoms with Gasteiger partial charge in [0.15, 0.2) is 0 Å². The monoisotopic (exact) mass is 363 g/mol. The molecule has 5 nitrogen and oxygen atoms in total. The number of amides is 1. The second kappa shape index (κ2) is 8.50. The summed E-state index contributed by atoms with van der Waals surface area (Å²) in [5, 5.41) is 8.30. The van der Waals surface area contributed by atoms with E-state index in [2.05, 4.69) is 10.4 Å². The Hall–Kier alpha value is -1.85. The van der Waals surface area contributed by atoms with E-state index in [1.807, 2.05) is 50.6 Å². The molecule has 6 heteroatoms. The lowest BCUT2D eigenvalue weighted by Crippen LogP contribution is -2.34. The molecule has 136 valence electrons. The number of carbonyl (C=O) groups is 1. The third-order valence-electron chi connectivity index (χ3n) is 4.34. The van der Waals surface area contributed by atoms with Gasteiger partial charge in [-0.25, -0.2) is 4.68 Å². The van der Waals surface area contributed by atoms with Crippen LogP contribution in [-0.4, -0.2) is 35.4 Å². The average molecular weight is 364 g/mol. The number of aryl methyl sites for hydroxylation is 2. The lowest BCUT2D eigenvalue weighted by Gasteiger charge is -2.13. The Balaban J connectivity index is 2.16. The third-order valence-corrected chi connectivity index (χ3v) is 4.75. The number of benzene rings is 1. The average Bonchev–Trinajstić information content (AvgIpc) is 2.83. The minimum atomic E-state index is -0.00343. The Morgan fingerprint density at radius 1 is 1.36 bits per heavy atom. The summed E-state index contributed by atoms with van der Waals surface area (Å²) in [7, 11) is 1.66. The van der Waals surface area contributed by atoms with Crippen LogP contribution < -0.4 is 5.32 Å². The largest absolute Gasteiger partial charge is 0.385 e. The number of methoxy groups -OCH3 is 1. The number of ether oxygens (including phenoxy) is 1. The maximum Gasteiger partial charge on any atom is 0.224 e. The van der Waals surface area contributed by atoms with E-state index in [9.17, 15) is 4.79 Å². The number of carbonyl (C=O) groups excluding carboxylic acids is 1. The first-order valence-corrected chi connectivity index (χ1v) is 8.81. The molecule has 0 aliphatic carbocycles. The molecule has 0 bridgehead atoms. The highest BCUT2D eigenvalue weighted by molar-refractivity contribution is 6.31. The Morgan fingerprint density at radius 2 is 2.08 bits per heavy atom. The molecule has 2 aromatic rings. The molecule has 0 saturated carbocycles. The Labute approximate surface area is 154 Å². The zero-order valence-electron chi connectivity index (χ0n) is 15.5. The van der Waals surface area contributed by atoms with Gasteiger partial charge in [0.05, 0.1) is 17.8 Å². The van der Waals surface area contributed by atoms with E-state index >= 15 is 0 Å². The Kier molecular flexibility index (Phi) is 6.62. The summed E-state index contributed by atoms with van der Waals surface area (Å²) in [5.41, 5.74) is 4.69. The van der Waals surface area contributed by atoms with Gasteiger partial charge in [0, 0.05) is 36.0 Å². The van der Waals surface area contributed by atoms with Crippen LogP contribution in [0, 0.1) is 20.8 Å². The van der Waals surface area contributed by atoms with Crippen LogP contribution in [0.2, 0.25) is 5.02 Å². The maximum atomic E-state index is 12.3. The van der Waals surface area contributed by atoms with Gasteiger partial charge in [-0.3, -0.25) is 4.79 Å². The number of halogens is 1. The van der Waals surface area contributed by atoms with Crippen molar-refractivity contribution in [2.75, 3.05) is 13.7 Å². The predicted molar refractivity (Wildman–Crippen MR) is 101 cm³/mol. The molecule has 2 rings (SSSR count). The van der Waals surface area contributed by atoms with E-state index in [1.165, 1.54) is 0 Å². The maximum absolute atomic E-state index is 12.3. The summed E-state index contributed by atoms with van der Waals surface area (Å²) in [6, 6.07) is 5.93. The van der Waals surface area contributed by atoms with Gasteiger partial charge in [-0.2, -0.15) is 5.10 Å². The summed E-state index contributed by atoms with van der Waals surface area (Å²) in [6.07, 6.45) is 1.11. The number of aromatic nitrogens is 2. The van der Waals surface area contributed by atoms with E-state index in [4.69, 9.17) is 16.3 Å². The van der Waals surface area contributed by atoms with Gasteiger partial charge >= 0.3 is 0 Å². The Morgan fingerprint density at radius 3 is 2.72 bits per heavy atom. The first-order chi connectivity index (χ1) is 11.8. The van der Waals surface area contributed by atoms with Crippen molar-refractivity contribution in [3.05, 3.63) is 45.7 Å². The van der Waals surface area contributed by atoms with Gasteiger partial charge in [0.2, 0.25) is 5.91 Å². The van der Waals surface area contributed by atoms with Crippen LogP contribution in [0.25, 0.3) is 5.69 Å². The summed E-state index contributed by atoms with van der Waals surface area (Å²) < 4.78 is 6.89. The standard InChI is InChI=1S/C19H26ClN3O2/c1-12-6-7-16(10-18(12)20)23-15(4)17(14(3)22-23)11-19(24)21-13(2)8-9-25-5/h6-7,10,13H,8-9,11H2,1-5H3,(H,21,24). The Bertz CT molecular complexity index is 755. The van der Waals surface area contributed by atoms with Gasteiger partial charge in [-0.15, -0.1) is 0 Å². The van der Waals surface area contributed by atoms with Crippen molar-refractivity contribution in [1.82, 2.24) is 15.1 Å². The molecular formula is C19H26ClN3O2. The molecule has 1 unspecified atom stereocenters. The molecule has 0 spiro atoms. The van der Waals surface area contributed by atoms with Crippen molar-refractivity contribution in [3.8, 4) is 5.69 Å². The molecular weight excluding hydrogens is 338 g/mol. The second-order valence-electron chi connectivity index (χ2n) is 6.42. The molecule has 1 N–H and O–H groups in total. The second-order valence-corrected chi connectivity index (χ2v) is 6.83. The molecule has 1 amide bonds. The van der Waals surface area contributed by atoms with Crippen molar-refractivity contribution >= 4 is 17.5 Å². The molecule has 1 aromatic carbocycles. The van der Waals surface area contributed by atoms with E-state index in [1.54, 1.807) is 7.11 Å². The van der Waals surface area contributed by atoms with Crippen molar-refractivity contribution in [1.29, 1.82) is 0 Å². The molecule has 0 aliphatic rings. The first-order valence-electron chi connectivity index (χ1n) is 8.43. The number of nitrogens with zero attached hydrogens (tertiary/aromatic N) is 2. The fourth-order valence-electron chi connectivity index (χ4n) is 2.75. The van der Waals surface area contributed by atoms with Crippen LogP contribution in [0.15, 0.2) is 18.2 Å². The first kappa shape index (κ1) is 19.5. The number of hydrogen-bond donors (Lipinski definition) is 1. The van der Waals surface area contributed by atoms with Crippen LogP contribution in [0.4, 0.5) is 0 Å². The van der Waals surface area contributed by atoms with E-state index in [0.29, 0.717) is 18.1 Å². The third kappa shape index (κ3) is 4.83. The van der Waals surface area contributed by atoms with E-state index in [-0.39, 0.29) is 11.9 Å². The highest BCUT2D eigenvalue weighted by Gasteiger charge is 2.17. The molecule has 1 atom stereocenters. The molecule has 0 fully saturated rings. The molecule has 1 heterocycles. The smallest absolute Gasteiger partial charge is 0.224 e. The zero-order valence-corrected chi connectivity index (χ0v) is 16.3. The zero-order chi connectivity index (χ0) is 18.6. The van der Waals surface area contributed by atoms with E-state index < -0.39 is 0 Å². The lowest BCUT2D eigenvalue weighted by molar-refractivity contribution is -0.121. The van der Waals surface area contributed by atoms with E-state index in [0.717, 1.165) is 34.6 Å². The van der Waals surface area contributed by atoms with Crippen molar-refractivity contribution < 1.29 is 9.53 Å². The summed E-state index contributed by atoms with van der Waals surface area (Å²) >= 11 is 6.23. The van der Waals surface area contributed by atoms with Crippen LogP contribution in [0.3, 0.4) is 0 Å². The van der Waals surface area contributed by atoms with Gasteiger partial charge in [-0.1, -0.05) is 17.7 Å². The molecule has 0 radical (unpaired) electrons. The molecule has 1 aromatic heterocycles.